The van der Waals surface area contributed by atoms with Crippen LogP contribution in [0.4, 0.5) is 0 Å². The molecule has 0 radical (unpaired) electrons. The summed E-state index contributed by atoms with van der Waals surface area (Å²) in [6.45, 7) is 4.74. The monoisotopic (exact) mass is 332 g/mol. The largest absolute Gasteiger partial charge is 0.497 e. The SMILES string of the molecule is COc1ccc(Cl)c(S(=O)(=O)N2CCC(N)C(C)(C)C2)c1. The molecule has 1 aromatic carbocycles. The maximum atomic E-state index is 12.8. The van der Waals surface area contributed by atoms with Crippen LogP contribution in [0.1, 0.15) is 20.3 Å². The number of ether oxygens (including phenoxy) is 1. The summed E-state index contributed by atoms with van der Waals surface area (Å²) in [5, 5.41) is 0.198. The Morgan fingerprint density at radius 2 is 2.10 bits per heavy atom. The predicted molar refractivity (Wildman–Crippen MR) is 83.1 cm³/mol. The van der Waals surface area contributed by atoms with Crippen molar-refractivity contribution in [3.63, 3.8) is 0 Å². The zero-order valence-corrected chi connectivity index (χ0v) is 14.0. The second kappa shape index (κ2) is 5.76. The van der Waals surface area contributed by atoms with Crippen molar-refractivity contribution in [1.82, 2.24) is 4.31 Å². The maximum Gasteiger partial charge on any atom is 0.244 e. The number of hydrogen-bond acceptors (Lipinski definition) is 4. The molecule has 1 heterocycles. The fraction of sp³-hybridized carbons (Fsp3) is 0.571. The number of methoxy groups -OCH3 is 1. The molecule has 0 saturated carbocycles. The van der Waals surface area contributed by atoms with Gasteiger partial charge in [0.1, 0.15) is 10.6 Å². The molecule has 2 N–H and O–H groups in total. The van der Waals surface area contributed by atoms with Gasteiger partial charge in [-0.15, -0.1) is 0 Å². The smallest absolute Gasteiger partial charge is 0.244 e. The average molecular weight is 333 g/mol. The van der Waals surface area contributed by atoms with E-state index in [1.54, 1.807) is 6.07 Å². The molecule has 2 rings (SSSR count). The Morgan fingerprint density at radius 3 is 2.67 bits per heavy atom. The van der Waals surface area contributed by atoms with Gasteiger partial charge in [0.25, 0.3) is 0 Å². The lowest BCUT2D eigenvalue weighted by Gasteiger charge is -2.41. The minimum Gasteiger partial charge on any atom is -0.497 e. The van der Waals surface area contributed by atoms with Gasteiger partial charge in [0.15, 0.2) is 0 Å². The Balaban J connectivity index is 2.39. The highest BCUT2D eigenvalue weighted by atomic mass is 35.5. The van der Waals surface area contributed by atoms with E-state index in [2.05, 4.69) is 0 Å². The van der Waals surface area contributed by atoms with Crippen molar-refractivity contribution in [1.29, 1.82) is 0 Å². The summed E-state index contributed by atoms with van der Waals surface area (Å²) in [5.41, 5.74) is 5.80. The molecule has 1 atom stereocenters. The van der Waals surface area contributed by atoms with E-state index in [0.29, 0.717) is 25.3 Å². The van der Waals surface area contributed by atoms with Crippen LogP contribution in [-0.2, 0) is 10.0 Å². The molecule has 0 spiro atoms. The van der Waals surface area contributed by atoms with E-state index in [9.17, 15) is 8.42 Å². The maximum absolute atomic E-state index is 12.8. The van der Waals surface area contributed by atoms with Gasteiger partial charge in [-0.1, -0.05) is 25.4 Å². The highest BCUT2D eigenvalue weighted by molar-refractivity contribution is 7.89. The Morgan fingerprint density at radius 1 is 1.43 bits per heavy atom. The van der Waals surface area contributed by atoms with E-state index in [4.69, 9.17) is 22.1 Å². The number of nitrogens with zero attached hydrogens (tertiary/aromatic N) is 1. The first kappa shape index (κ1) is 16.5. The lowest BCUT2D eigenvalue weighted by Crippen LogP contribution is -2.53. The second-order valence-electron chi connectivity index (χ2n) is 6.02. The number of hydrogen-bond donors (Lipinski definition) is 1. The summed E-state index contributed by atoms with van der Waals surface area (Å²) >= 11 is 6.07. The third kappa shape index (κ3) is 3.18. The van der Waals surface area contributed by atoms with Gasteiger partial charge in [0.05, 0.1) is 12.1 Å². The predicted octanol–water partition coefficient (Wildman–Crippen LogP) is 2.10. The number of piperidine rings is 1. The fourth-order valence-corrected chi connectivity index (χ4v) is 4.59. The zero-order chi connectivity index (χ0) is 15.8. The van der Waals surface area contributed by atoms with Crippen molar-refractivity contribution in [2.45, 2.75) is 31.2 Å². The number of halogens is 1. The van der Waals surface area contributed by atoms with Gasteiger partial charge in [0.2, 0.25) is 10.0 Å². The van der Waals surface area contributed by atoms with E-state index in [1.165, 1.54) is 23.5 Å². The van der Waals surface area contributed by atoms with E-state index in [1.807, 2.05) is 13.8 Å². The van der Waals surface area contributed by atoms with Gasteiger partial charge in [-0.2, -0.15) is 4.31 Å². The average Bonchev–Trinajstić information content (AvgIpc) is 2.42. The summed E-state index contributed by atoms with van der Waals surface area (Å²) in [4.78, 5) is 0.0785. The molecule has 5 nitrogen and oxygen atoms in total. The molecule has 1 saturated heterocycles. The molecule has 21 heavy (non-hydrogen) atoms. The number of sulfonamides is 1. The van der Waals surface area contributed by atoms with Gasteiger partial charge in [-0.3, -0.25) is 0 Å². The molecule has 1 unspecified atom stereocenters. The molecule has 1 fully saturated rings. The Labute approximate surface area is 131 Å². The molecule has 1 aliphatic heterocycles. The van der Waals surface area contributed by atoms with Crippen LogP contribution in [0.15, 0.2) is 23.1 Å². The molecular weight excluding hydrogens is 312 g/mol. The van der Waals surface area contributed by atoms with Crippen molar-refractivity contribution in [3.05, 3.63) is 23.2 Å². The van der Waals surface area contributed by atoms with Crippen molar-refractivity contribution >= 4 is 21.6 Å². The summed E-state index contributed by atoms with van der Waals surface area (Å²) in [6.07, 6.45) is 0.633. The van der Waals surface area contributed by atoms with Crippen LogP contribution >= 0.6 is 11.6 Å². The topological polar surface area (TPSA) is 72.6 Å². The minimum absolute atomic E-state index is 0.00951. The molecule has 0 aliphatic carbocycles. The van der Waals surface area contributed by atoms with Crippen LogP contribution in [0, 0.1) is 5.41 Å². The standard InChI is InChI=1S/C14H21ClN2O3S/c1-14(2)9-17(7-6-13(14)16)21(18,19)12-8-10(20-3)4-5-11(12)15/h4-5,8,13H,6-7,9,16H2,1-3H3. The van der Waals surface area contributed by atoms with Crippen molar-refractivity contribution in [2.75, 3.05) is 20.2 Å². The Bertz CT molecular complexity index is 631. The van der Waals surface area contributed by atoms with Gasteiger partial charge >= 0.3 is 0 Å². The fourth-order valence-electron chi connectivity index (χ4n) is 2.48. The number of benzene rings is 1. The van der Waals surface area contributed by atoms with E-state index in [0.717, 1.165) is 0 Å². The van der Waals surface area contributed by atoms with Crippen LogP contribution in [0.25, 0.3) is 0 Å². The molecule has 1 aromatic rings. The lowest BCUT2D eigenvalue weighted by molar-refractivity contribution is 0.155. The van der Waals surface area contributed by atoms with E-state index >= 15 is 0 Å². The van der Waals surface area contributed by atoms with Gasteiger partial charge in [-0.25, -0.2) is 8.42 Å². The van der Waals surface area contributed by atoms with Crippen molar-refractivity contribution in [2.24, 2.45) is 11.1 Å². The highest BCUT2D eigenvalue weighted by Gasteiger charge is 2.39. The molecule has 118 valence electrons. The second-order valence-corrected chi connectivity index (χ2v) is 8.33. The van der Waals surface area contributed by atoms with Crippen LogP contribution in [0.2, 0.25) is 5.02 Å². The lowest BCUT2D eigenvalue weighted by atomic mass is 9.81. The molecule has 0 aromatic heterocycles. The minimum atomic E-state index is -3.65. The highest BCUT2D eigenvalue weighted by Crippen LogP contribution is 2.34. The van der Waals surface area contributed by atoms with Crippen molar-refractivity contribution in [3.8, 4) is 5.75 Å². The molecule has 7 heteroatoms. The van der Waals surface area contributed by atoms with E-state index in [-0.39, 0.29) is 21.4 Å². The third-order valence-electron chi connectivity index (χ3n) is 4.03. The molecule has 1 aliphatic rings. The first-order valence-electron chi connectivity index (χ1n) is 6.78. The van der Waals surface area contributed by atoms with Crippen LogP contribution < -0.4 is 10.5 Å². The Kier molecular flexibility index (Phi) is 4.54. The van der Waals surface area contributed by atoms with Gasteiger partial charge in [0, 0.05) is 25.2 Å². The van der Waals surface area contributed by atoms with E-state index < -0.39 is 10.0 Å². The molecular formula is C14H21ClN2O3S. The molecule has 0 bridgehead atoms. The zero-order valence-electron chi connectivity index (χ0n) is 12.5. The summed E-state index contributed by atoms with van der Waals surface area (Å²) in [5.74, 6) is 0.464. The van der Waals surface area contributed by atoms with Crippen molar-refractivity contribution < 1.29 is 13.2 Å². The van der Waals surface area contributed by atoms with Crippen LogP contribution in [-0.4, -0.2) is 39.0 Å². The van der Waals surface area contributed by atoms with Crippen LogP contribution in [0.5, 0.6) is 5.75 Å². The Hall–Kier alpha value is -0.820. The third-order valence-corrected chi connectivity index (χ3v) is 6.36. The van der Waals surface area contributed by atoms with Crippen LogP contribution in [0.3, 0.4) is 0 Å². The summed E-state index contributed by atoms with van der Waals surface area (Å²) in [6, 6.07) is 4.62. The first-order chi connectivity index (χ1) is 9.68. The quantitative estimate of drug-likeness (QED) is 0.920. The normalized spacial score (nSPS) is 23.0. The van der Waals surface area contributed by atoms with Gasteiger partial charge in [-0.05, 0) is 24.0 Å². The summed E-state index contributed by atoms with van der Waals surface area (Å²) < 4.78 is 32.2. The number of rotatable bonds is 3. The molecule has 0 amide bonds. The first-order valence-corrected chi connectivity index (χ1v) is 8.59. The van der Waals surface area contributed by atoms with Gasteiger partial charge < -0.3 is 10.5 Å². The summed E-state index contributed by atoms with van der Waals surface area (Å²) in [7, 11) is -2.17. The number of nitrogens with two attached hydrogens (primary N) is 1.